The molecule has 0 aromatic heterocycles. The van der Waals surface area contributed by atoms with Gasteiger partial charge in [0.1, 0.15) is 23.8 Å². The molecule has 0 fully saturated rings. The van der Waals surface area contributed by atoms with E-state index in [1.54, 1.807) is 18.2 Å². The molecule has 0 heterocycles. The minimum Gasteiger partial charge on any atom is -0.358 e. The number of nitrogens with zero attached hydrogens (tertiary/aromatic N) is 3. The van der Waals surface area contributed by atoms with E-state index in [4.69, 9.17) is 15.8 Å². The standard InChI is InChI=1S/C11H4BrIN4/c12-9-1-8(5-16)11(10(13)2-9)17-6-7(3-14)4-15/h1-2,6,17H. The number of nitriles is 3. The van der Waals surface area contributed by atoms with Crippen molar-refractivity contribution >= 4 is 44.2 Å². The smallest absolute Gasteiger partial charge is 0.145 e. The molecular weight excluding hydrogens is 395 g/mol. The molecule has 0 atom stereocenters. The van der Waals surface area contributed by atoms with Crippen molar-refractivity contribution in [1.29, 1.82) is 15.8 Å². The second-order valence-corrected chi connectivity index (χ2v) is 4.93. The minimum atomic E-state index is -0.0485. The van der Waals surface area contributed by atoms with Crippen molar-refractivity contribution in [1.82, 2.24) is 0 Å². The molecule has 17 heavy (non-hydrogen) atoms. The topological polar surface area (TPSA) is 83.4 Å². The average molecular weight is 399 g/mol. The van der Waals surface area contributed by atoms with Crippen molar-refractivity contribution in [2.45, 2.75) is 0 Å². The largest absolute Gasteiger partial charge is 0.358 e. The van der Waals surface area contributed by atoms with Crippen molar-refractivity contribution in [3.05, 3.63) is 37.5 Å². The van der Waals surface area contributed by atoms with Crippen LogP contribution in [0.3, 0.4) is 0 Å². The van der Waals surface area contributed by atoms with Crippen molar-refractivity contribution in [2.75, 3.05) is 5.32 Å². The zero-order valence-electron chi connectivity index (χ0n) is 8.33. The van der Waals surface area contributed by atoms with E-state index >= 15 is 0 Å². The summed E-state index contributed by atoms with van der Waals surface area (Å²) in [5.74, 6) is 0. The van der Waals surface area contributed by atoms with Crippen LogP contribution < -0.4 is 5.32 Å². The maximum Gasteiger partial charge on any atom is 0.145 e. The molecule has 0 aliphatic heterocycles. The van der Waals surface area contributed by atoms with E-state index in [1.807, 2.05) is 12.1 Å². The Morgan fingerprint density at radius 3 is 2.47 bits per heavy atom. The third kappa shape index (κ3) is 3.45. The molecule has 1 aromatic carbocycles. The van der Waals surface area contributed by atoms with Crippen molar-refractivity contribution in [2.24, 2.45) is 0 Å². The van der Waals surface area contributed by atoms with Gasteiger partial charge in [-0.05, 0) is 34.7 Å². The quantitative estimate of drug-likeness (QED) is 0.612. The molecule has 1 aromatic rings. The molecule has 0 amide bonds. The number of nitrogens with one attached hydrogen (secondary N) is 1. The summed E-state index contributed by atoms with van der Waals surface area (Å²) in [7, 11) is 0. The Balaban J connectivity index is 3.18. The van der Waals surface area contributed by atoms with Crippen LogP contribution >= 0.6 is 38.5 Å². The van der Waals surface area contributed by atoms with Gasteiger partial charge in [-0.2, -0.15) is 15.8 Å². The summed E-state index contributed by atoms with van der Waals surface area (Å²) in [6.45, 7) is 0. The number of rotatable bonds is 2. The summed E-state index contributed by atoms with van der Waals surface area (Å²) in [5, 5.41) is 29.0. The van der Waals surface area contributed by atoms with Gasteiger partial charge in [0.25, 0.3) is 0 Å². The Hall–Kier alpha value is -1.56. The maximum absolute atomic E-state index is 8.98. The van der Waals surface area contributed by atoms with Crippen LogP contribution in [0, 0.1) is 37.6 Å². The summed E-state index contributed by atoms with van der Waals surface area (Å²) in [6, 6.07) is 9.00. The van der Waals surface area contributed by atoms with Crippen LogP contribution in [-0.4, -0.2) is 0 Å². The van der Waals surface area contributed by atoms with E-state index in [0.29, 0.717) is 11.3 Å². The molecule has 0 unspecified atom stereocenters. The van der Waals surface area contributed by atoms with Crippen LogP contribution in [0.5, 0.6) is 0 Å². The molecule has 1 N–H and O–H groups in total. The lowest BCUT2D eigenvalue weighted by Gasteiger charge is -2.07. The second kappa shape index (κ2) is 6.24. The summed E-state index contributed by atoms with van der Waals surface area (Å²) in [4.78, 5) is 0. The van der Waals surface area contributed by atoms with Gasteiger partial charge in [0.05, 0.1) is 11.3 Å². The highest BCUT2D eigenvalue weighted by Gasteiger charge is 2.07. The molecule has 0 aliphatic carbocycles. The zero-order valence-corrected chi connectivity index (χ0v) is 12.1. The molecule has 6 heteroatoms. The van der Waals surface area contributed by atoms with Crippen LogP contribution in [-0.2, 0) is 0 Å². The van der Waals surface area contributed by atoms with E-state index in [-0.39, 0.29) is 5.57 Å². The molecule has 0 saturated heterocycles. The fourth-order valence-corrected chi connectivity index (χ4v) is 2.71. The Labute approximate surface area is 120 Å². The molecule has 0 bridgehead atoms. The van der Waals surface area contributed by atoms with Gasteiger partial charge in [-0.1, -0.05) is 15.9 Å². The molecule has 4 nitrogen and oxygen atoms in total. The first-order valence-electron chi connectivity index (χ1n) is 4.28. The number of hydrogen-bond donors (Lipinski definition) is 1. The Morgan fingerprint density at radius 1 is 1.29 bits per heavy atom. The van der Waals surface area contributed by atoms with Gasteiger partial charge >= 0.3 is 0 Å². The maximum atomic E-state index is 8.98. The van der Waals surface area contributed by atoms with Gasteiger partial charge in [-0.15, -0.1) is 0 Å². The Morgan fingerprint density at radius 2 is 1.94 bits per heavy atom. The predicted octanol–water partition coefficient (Wildman–Crippen LogP) is 3.27. The number of allylic oxidation sites excluding steroid dienone is 1. The van der Waals surface area contributed by atoms with Gasteiger partial charge in [0, 0.05) is 14.2 Å². The zero-order chi connectivity index (χ0) is 12.8. The van der Waals surface area contributed by atoms with E-state index in [0.717, 1.165) is 8.04 Å². The molecule has 1 rings (SSSR count). The van der Waals surface area contributed by atoms with E-state index in [1.165, 1.54) is 6.20 Å². The van der Waals surface area contributed by atoms with Crippen LogP contribution in [0.15, 0.2) is 28.4 Å². The van der Waals surface area contributed by atoms with Gasteiger partial charge in [-0.3, -0.25) is 0 Å². The molecule has 82 valence electrons. The second-order valence-electron chi connectivity index (χ2n) is 2.85. The normalized spacial score (nSPS) is 8.41. The van der Waals surface area contributed by atoms with Crippen LogP contribution in [0.4, 0.5) is 5.69 Å². The van der Waals surface area contributed by atoms with Crippen molar-refractivity contribution in [3.8, 4) is 18.2 Å². The third-order valence-corrected chi connectivity index (χ3v) is 3.09. The van der Waals surface area contributed by atoms with E-state index in [2.05, 4.69) is 43.8 Å². The number of anilines is 1. The molecule has 0 spiro atoms. The van der Waals surface area contributed by atoms with Gasteiger partial charge in [0.15, 0.2) is 0 Å². The fourth-order valence-electron chi connectivity index (χ4n) is 1.04. The lowest BCUT2D eigenvalue weighted by molar-refractivity contribution is 1.41. The first kappa shape index (κ1) is 13.5. The average Bonchev–Trinajstić information content (AvgIpc) is 2.31. The summed E-state index contributed by atoms with van der Waals surface area (Å²) >= 11 is 5.36. The van der Waals surface area contributed by atoms with Crippen LogP contribution in [0.25, 0.3) is 0 Å². The minimum absolute atomic E-state index is 0.0485. The summed E-state index contributed by atoms with van der Waals surface area (Å²) < 4.78 is 1.62. The first-order valence-corrected chi connectivity index (χ1v) is 6.15. The van der Waals surface area contributed by atoms with Crippen molar-refractivity contribution in [3.63, 3.8) is 0 Å². The van der Waals surface area contributed by atoms with Gasteiger partial charge in [0.2, 0.25) is 0 Å². The lowest BCUT2D eigenvalue weighted by Crippen LogP contribution is -1.96. The van der Waals surface area contributed by atoms with E-state index < -0.39 is 0 Å². The van der Waals surface area contributed by atoms with Crippen molar-refractivity contribution < 1.29 is 0 Å². The molecule has 0 radical (unpaired) electrons. The van der Waals surface area contributed by atoms with Gasteiger partial charge in [-0.25, -0.2) is 0 Å². The van der Waals surface area contributed by atoms with Crippen LogP contribution in [0.2, 0.25) is 0 Å². The molecule has 0 saturated carbocycles. The predicted molar refractivity (Wildman–Crippen MR) is 74.5 cm³/mol. The highest BCUT2D eigenvalue weighted by Crippen LogP contribution is 2.27. The molecule has 0 aliphatic rings. The first-order chi connectivity index (χ1) is 8.12. The monoisotopic (exact) mass is 398 g/mol. The Kier molecular flexibility index (Phi) is 4.96. The molecular formula is C11H4BrIN4. The number of benzene rings is 1. The number of hydrogen-bond acceptors (Lipinski definition) is 4. The number of halogens is 2. The van der Waals surface area contributed by atoms with Crippen LogP contribution in [0.1, 0.15) is 5.56 Å². The summed E-state index contributed by atoms with van der Waals surface area (Å²) in [6.07, 6.45) is 1.28. The third-order valence-electron chi connectivity index (χ3n) is 1.78. The highest BCUT2D eigenvalue weighted by atomic mass is 127. The Bertz CT molecular complexity index is 586. The fraction of sp³-hybridized carbons (Fsp3) is 0. The lowest BCUT2D eigenvalue weighted by atomic mass is 10.2. The van der Waals surface area contributed by atoms with E-state index in [9.17, 15) is 0 Å². The highest BCUT2D eigenvalue weighted by molar-refractivity contribution is 14.1. The SMILES string of the molecule is N#CC(C#N)=CNc1c(I)cc(Br)cc1C#N. The summed E-state index contributed by atoms with van der Waals surface area (Å²) in [5.41, 5.74) is 0.974. The van der Waals surface area contributed by atoms with Gasteiger partial charge < -0.3 is 5.32 Å².